The second kappa shape index (κ2) is 38.6. The van der Waals surface area contributed by atoms with Crippen molar-refractivity contribution in [2.24, 2.45) is 0 Å². The number of hydrogen-bond acceptors (Lipinski definition) is 2. The highest BCUT2D eigenvalue weighted by Crippen LogP contribution is 2.16. The molecule has 0 amide bonds. The summed E-state index contributed by atoms with van der Waals surface area (Å²) in [6.07, 6.45) is 46.0. The fourth-order valence-electron chi connectivity index (χ4n) is 7.34. The summed E-state index contributed by atoms with van der Waals surface area (Å²) in [4.78, 5) is 0. The molecule has 0 rings (SSSR count). The van der Waals surface area contributed by atoms with Crippen molar-refractivity contribution in [1.82, 2.24) is 0 Å². The summed E-state index contributed by atoms with van der Waals surface area (Å²) in [7, 11) is 9.46. The van der Waals surface area contributed by atoms with Crippen LogP contribution in [0, 0.1) is 0 Å². The zero-order chi connectivity index (χ0) is 36.7. The molecule has 4 nitrogen and oxygen atoms in total. The summed E-state index contributed by atoms with van der Waals surface area (Å²) in [5, 5.41) is 0. The Balaban J connectivity index is 3.43. The molecule has 0 spiro atoms. The van der Waals surface area contributed by atoms with Crippen LogP contribution in [-0.4, -0.2) is 89.8 Å². The third kappa shape index (κ3) is 40.6. The maximum Gasteiger partial charge on any atom is 0.102 e. The van der Waals surface area contributed by atoms with Gasteiger partial charge in [-0.3, -0.25) is 0 Å². The predicted molar refractivity (Wildman–Crippen MR) is 224 cm³/mol. The van der Waals surface area contributed by atoms with Gasteiger partial charge in [0.15, 0.2) is 0 Å². The van der Waals surface area contributed by atoms with Gasteiger partial charge in [0.2, 0.25) is 0 Å². The molecule has 50 heavy (non-hydrogen) atoms. The number of likely N-dealkylation sites (N-methyl/N-ethyl adjacent to an activating group) is 2. The van der Waals surface area contributed by atoms with E-state index in [9.17, 15) is 0 Å². The molecule has 0 atom stereocenters. The van der Waals surface area contributed by atoms with E-state index in [2.05, 4.69) is 42.0 Å². The van der Waals surface area contributed by atoms with Gasteiger partial charge in [-0.15, -0.1) is 0 Å². The van der Waals surface area contributed by atoms with Crippen molar-refractivity contribution in [3.63, 3.8) is 0 Å². The largest absolute Gasteiger partial charge is 0.373 e. The summed E-state index contributed by atoms with van der Waals surface area (Å²) >= 11 is 0. The van der Waals surface area contributed by atoms with E-state index in [4.69, 9.17) is 9.47 Å². The summed E-state index contributed by atoms with van der Waals surface area (Å²) < 4.78 is 14.1. The number of ether oxygens (including phenoxy) is 2. The van der Waals surface area contributed by atoms with Crippen LogP contribution in [0.5, 0.6) is 0 Å². The first-order valence-corrected chi connectivity index (χ1v) is 23.1. The zero-order valence-corrected chi connectivity index (χ0v) is 36.0. The van der Waals surface area contributed by atoms with Gasteiger partial charge in [0.05, 0.1) is 67.7 Å². The minimum atomic E-state index is 0.728. The molecule has 0 aromatic rings. The molecule has 0 aromatic heterocycles. The van der Waals surface area contributed by atoms with Gasteiger partial charge < -0.3 is 18.4 Å². The van der Waals surface area contributed by atoms with E-state index in [0.29, 0.717) is 0 Å². The SMILES string of the molecule is CCCCCCCCCCCCCCCCCC[N+](C)(C)CCOCCOCC[N+](C)(C)CCCCCCCCCCCCCCCCCC. The quantitative estimate of drug-likeness (QED) is 0.0463. The highest BCUT2D eigenvalue weighted by Gasteiger charge is 2.15. The van der Waals surface area contributed by atoms with E-state index < -0.39 is 0 Å². The van der Waals surface area contributed by atoms with Gasteiger partial charge in [0.1, 0.15) is 13.1 Å². The molecule has 0 N–H and O–H groups in total. The first-order chi connectivity index (χ1) is 24.3. The second-order valence-electron chi connectivity index (χ2n) is 17.6. The molecular formula is C46H98N2O2+2. The second-order valence-corrected chi connectivity index (χ2v) is 17.6. The molecule has 4 heteroatoms. The van der Waals surface area contributed by atoms with Crippen LogP contribution < -0.4 is 0 Å². The number of unbranched alkanes of at least 4 members (excludes halogenated alkanes) is 30. The molecule has 0 heterocycles. The van der Waals surface area contributed by atoms with Crippen molar-refractivity contribution < 1.29 is 18.4 Å². The van der Waals surface area contributed by atoms with E-state index in [1.807, 2.05) is 0 Å². The van der Waals surface area contributed by atoms with Crippen LogP contribution in [0.3, 0.4) is 0 Å². The highest BCUT2D eigenvalue weighted by atomic mass is 16.5. The van der Waals surface area contributed by atoms with E-state index in [-0.39, 0.29) is 0 Å². The van der Waals surface area contributed by atoms with Gasteiger partial charge in [-0.25, -0.2) is 0 Å². The summed E-state index contributed by atoms with van der Waals surface area (Å²) in [5.41, 5.74) is 0. The lowest BCUT2D eigenvalue weighted by Crippen LogP contribution is -2.43. The lowest BCUT2D eigenvalue weighted by molar-refractivity contribution is -0.891. The molecule has 0 bridgehead atoms. The topological polar surface area (TPSA) is 18.5 Å². The minimum Gasteiger partial charge on any atom is -0.373 e. The van der Waals surface area contributed by atoms with Crippen molar-refractivity contribution in [2.75, 3.05) is 80.8 Å². The van der Waals surface area contributed by atoms with E-state index in [1.54, 1.807) is 0 Å². The van der Waals surface area contributed by atoms with Crippen LogP contribution in [0.1, 0.15) is 219 Å². The van der Waals surface area contributed by atoms with Crippen molar-refractivity contribution in [3.8, 4) is 0 Å². The third-order valence-electron chi connectivity index (χ3n) is 11.3. The van der Waals surface area contributed by atoms with Crippen LogP contribution >= 0.6 is 0 Å². The van der Waals surface area contributed by atoms with Crippen LogP contribution in [0.2, 0.25) is 0 Å². The lowest BCUT2D eigenvalue weighted by Gasteiger charge is -2.30. The Morgan fingerprint density at radius 1 is 0.240 bits per heavy atom. The Morgan fingerprint density at radius 3 is 0.660 bits per heavy atom. The fraction of sp³-hybridized carbons (Fsp3) is 1.00. The molecule has 0 unspecified atom stereocenters. The van der Waals surface area contributed by atoms with Crippen molar-refractivity contribution in [2.45, 2.75) is 219 Å². The molecule has 0 aromatic carbocycles. The van der Waals surface area contributed by atoms with Crippen molar-refractivity contribution in [3.05, 3.63) is 0 Å². The monoisotopic (exact) mass is 711 g/mol. The molecule has 0 saturated heterocycles. The molecule has 0 aliphatic carbocycles. The van der Waals surface area contributed by atoms with Crippen LogP contribution in [0.15, 0.2) is 0 Å². The Hall–Kier alpha value is -0.160. The van der Waals surface area contributed by atoms with Crippen LogP contribution in [0.4, 0.5) is 0 Å². The lowest BCUT2D eigenvalue weighted by atomic mass is 10.0. The molecule has 0 fully saturated rings. The van der Waals surface area contributed by atoms with Crippen molar-refractivity contribution in [1.29, 1.82) is 0 Å². The Bertz CT molecular complexity index is 584. The van der Waals surface area contributed by atoms with Crippen LogP contribution in [-0.2, 0) is 9.47 Å². The molecule has 0 aliphatic heterocycles. The molecular weight excluding hydrogens is 613 g/mol. The Morgan fingerprint density at radius 2 is 0.440 bits per heavy atom. The number of hydrogen-bond donors (Lipinski definition) is 0. The van der Waals surface area contributed by atoms with Crippen LogP contribution in [0.25, 0.3) is 0 Å². The Kier molecular flexibility index (Phi) is 38.4. The minimum absolute atomic E-state index is 0.728. The van der Waals surface area contributed by atoms with Gasteiger partial charge in [0, 0.05) is 0 Å². The summed E-state index contributed by atoms with van der Waals surface area (Å²) in [6.45, 7) is 12.5. The standard InChI is InChI=1S/C46H98N2O2/c1-7-9-11-13-15-17-19-21-23-25-27-29-31-33-35-37-39-47(3,4)41-43-49-45-46-50-44-42-48(5,6)40-38-36-34-32-30-28-26-24-22-20-18-16-14-12-10-8-2/h7-46H2,1-6H3/q+2. The number of rotatable bonds is 43. The van der Waals surface area contributed by atoms with E-state index in [1.165, 1.54) is 219 Å². The normalized spacial score (nSPS) is 12.4. The first kappa shape index (κ1) is 49.8. The molecule has 0 radical (unpaired) electrons. The smallest absolute Gasteiger partial charge is 0.102 e. The third-order valence-corrected chi connectivity index (χ3v) is 11.3. The van der Waals surface area contributed by atoms with Gasteiger partial charge >= 0.3 is 0 Å². The van der Waals surface area contributed by atoms with Gasteiger partial charge in [-0.05, 0) is 25.7 Å². The molecule has 302 valence electrons. The average Bonchev–Trinajstić information content (AvgIpc) is 3.09. The average molecular weight is 711 g/mol. The van der Waals surface area contributed by atoms with Crippen molar-refractivity contribution >= 4 is 0 Å². The van der Waals surface area contributed by atoms with Gasteiger partial charge in [-0.2, -0.15) is 0 Å². The zero-order valence-electron chi connectivity index (χ0n) is 36.0. The summed E-state index contributed by atoms with van der Waals surface area (Å²) in [6, 6.07) is 0. The molecule has 0 aliphatic rings. The highest BCUT2D eigenvalue weighted by molar-refractivity contribution is 4.52. The fourth-order valence-corrected chi connectivity index (χ4v) is 7.34. The van der Waals surface area contributed by atoms with E-state index >= 15 is 0 Å². The first-order valence-electron chi connectivity index (χ1n) is 23.1. The molecule has 0 saturated carbocycles. The van der Waals surface area contributed by atoms with E-state index in [0.717, 1.165) is 48.5 Å². The maximum absolute atomic E-state index is 5.95. The number of quaternary nitrogens is 2. The summed E-state index contributed by atoms with van der Waals surface area (Å²) in [5.74, 6) is 0. The maximum atomic E-state index is 5.95. The Labute approximate surface area is 317 Å². The van der Waals surface area contributed by atoms with Gasteiger partial charge in [-0.1, -0.05) is 194 Å². The predicted octanol–water partition coefficient (Wildman–Crippen LogP) is 13.7. The number of nitrogens with zero attached hydrogens (tertiary/aromatic N) is 2. The van der Waals surface area contributed by atoms with Gasteiger partial charge in [0.25, 0.3) is 0 Å².